The van der Waals surface area contributed by atoms with E-state index in [4.69, 9.17) is 9.47 Å². The van der Waals surface area contributed by atoms with E-state index in [9.17, 15) is 4.79 Å². The summed E-state index contributed by atoms with van der Waals surface area (Å²) in [4.78, 5) is 16.9. The Balaban J connectivity index is 1.83. The van der Waals surface area contributed by atoms with E-state index in [0.717, 1.165) is 51.2 Å². The maximum absolute atomic E-state index is 12.5. The second kappa shape index (κ2) is 11.8. The number of para-hydroxylation sites is 1. The van der Waals surface area contributed by atoms with Gasteiger partial charge < -0.3 is 14.4 Å². The van der Waals surface area contributed by atoms with Gasteiger partial charge in [-0.05, 0) is 44.3 Å². The number of piperidine rings is 1. The Morgan fingerprint density at radius 1 is 1.30 bits per heavy atom. The lowest BCUT2D eigenvalue weighted by atomic mass is 9.95. The third kappa shape index (κ3) is 7.00. The fourth-order valence-electron chi connectivity index (χ4n) is 3.62. The normalized spacial score (nSPS) is 15.5. The van der Waals surface area contributed by atoms with Crippen LogP contribution in [0.1, 0.15) is 31.2 Å². The molecular formula is C22H34N2O3. The number of hydrogen-bond donors (Lipinski definition) is 0. The van der Waals surface area contributed by atoms with Gasteiger partial charge in [0, 0.05) is 38.7 Å². The summed E-state index contributed by atoms with van der Waals surface area (Å²) in [6.45, 7) is 8.85. The molecule has 0 radical (unpaired) electrons. The minimum absolute atomic E-state index is 0.211. The summed E-state index contributed by atoms with van der Waals surface area (Å²) in [6, 6.07) is 8.22. The smallest absolute Gasteiger partial charge is 0.222 e. The van der Waals surface area contributed by atoms with Crippen LogP contribution in [0.2, 0.25) is 0 Å². The number of carbonyl (C=O) groups excluding carboxylic acids is 1. The van der Waals surface area contributed by atoms with Crippen molar-refractivity contribution in [1.82, 2.24) is 9.80 Å². The first-order valence-corrected chi connectivity index (χ1v) is 9.89. The molecule has 5 nitrogen and oxygen atoms in total. The number of benzene rings is 1. The van der Waals surface area contributed by atoms with Crippen molar-refractivity contribution in [2.45, 2.75) is 32.2 Å². The number of ether oxygens (including phenoxy) is 2. The van der Waals surface area contributed by atoms with Crippen LogP contribution >= 0.6 is 0 Å². The van der Waals surface area contributed by atoms with Crippen molar-refractivity contribution in [3.8, 4) is 5.75 Å². The topological polar surface area (TPSA) is 42.0 Å². The summed E-state index contributed by atoms with van der Waals surface area (Å²) >= 11 is 0. The first-order valence-electron chi connectivity index (χ1n) is 9.89. The minimum atomic E-state index is 0.211. The first-order chi connectivity index (χ1) is 13.2. The highest BCUT2D eigenvalue weighted by Crippen LogP contribution is 2.24. The van der Waals surface area contributed by atoms with Gasteiger partial charge in [-0.1, -0.05) is 24.3 Å². The molecule has 27 heavy (non-hydrogen) atoms. The van der Waals surface area contributed by atoms with Gasteiger partial charge in [-0.15, -0.1) is 6.58 Å². The molecule has 1 fully saturated rings. The van der Waals surface area contributed by atoms with E-state index in [1.807, 2.05) is 23.1 Å². The quantitative estimate of drug-likeness (QED) is 0.557. The third-order valence-corrected chi connectivity index (χ3v) is 5.25. The summed E-state index contributed by atoms with van der Waals surface area (Å²) in [7, 11) is 3.41. The zero-order chi connectivity index (χ0) is 19.5. The Hall–Kier alpha value is -1.85. The molecular weight excluding hydrogens is 340 g/mol. The molecule has 0 aliphatic carbocycles. The Morgan fingerprint density at radius 2 is 2.04 bits per heavy atom. The predicted octanol–water partition coefficient (Wildman–Crippen LogP) is 3.35. The molecule has 1 amide bonds. The van der Waals surface area contributed by atoms with Crippen molar-refractivity contribution >= 4 is 5.91 Å². The second-order valence-corrected chi connectivity index (χ2v) is 7.19. The van der Waals surface area contributed by atoms with Crippen molar-refractivity contribution in [2.24, 2.45) is 5.92 Å². The van der Waals surface area contributed by atoms with Gasteiger partial charge >= 0.3 is 0 Å². The van der Waals surface area contributed by atoms with Gasteiger partial charge in [0.15, 0.2) is 0 Å². The molecule has 0 saturated carbocycles. The average molecular weight is 375 g/mol. The van der Waals surface area contributed by atoms with Crippen LogP contribution in [0.15, 0.2) is 36.9 Å². The third-order valence-electron chi connectivity index (χ3n) is 5.25. The molecule has 1 aliphatic rings. The summed E-state index contributed by atoms with van der Waals surface area (Å²) in [5, 5.41) is 0. The van der Waals surface area contributed by atoms with Crippen LogP contribution in [0.4, 0.5) is 0 Å². The molecule has 0 aromatic heterocycles. The van der Waals surface area contributed by atoms with E-state index in [-0.39, 0.29) is 5.91 Å². The first kappa shape index (κ1) is 21.5. The Bertz CT molecular complexity index is 583. The lowest BCUT2D eigenvalue weighted by Crippen LogP contribution is -2.41. The number of carbonyl (C=O) groups is 1. The molecule has 1 aliphatic heterocycles. The molecule has 0 unspecified atom stereocenters. The highest BCUT2D eigenvalue weighted by molar-refractivity contribution is 5.76. The number of methoxy groups -OCH3 is 2. The molecule has 2 rings (SSSR count). The van der Waals surface area contributed by atoms with Crippen LogP contribution in [0.25, 0.3) is 0 Å². The molecule has 5 heteroatoms. The van der Waals surface area contributed by atoms with Crippen molar-refractivity contribution in [2.75, 3.05) is 47.0 Å². The van der Waals surface area contributed by atoms with Crippen molar-refractivity contribution in [3.63, 3.8) is 0 Å². The SMILES string of the molecule is C=CCCC(=O)N(CCOC)CC1CCN(Cc2ccccc2OC)CC1. The largest absolute Gasteiger partial charge is 0.496 e. The molecule has 1 saturated heterocycles. The van der Waals surface area contributed by atoms with E-state index < -0.39 is 0 Å². The number of likely N-dealkylation sites (tertiary alicyclic amines) is 1. The van der Waals surface area contributed by atoms with Crippen LogP contribution < -0.4 is 4.74 Å². The Labute approximate surface area is 163 Å². The molecule has 0 bridgehead atoms. The zero-order valence-electron chi connectivity index (χ0n) is 16.9. The Morgan fingerprint density at radius 3 is 2.70 bits per heavy atom. The number of amides is 1. The fourth-order valence-corrected chi connectivity index (χ4v) is 3.62. The highest BCUT2D eigenvalue weighted by atomic mass is 16.5. The number of hydrogen-bond acceptors (Lipinski definition) is 4. The lowest BCUT2D eigenvalue weighted by Gasteiger charge is -2.35. The second-order valence-electron chi connectivity index (χ2n) is 7.19. The van der Waals surface area contributed by atoms with E-state index in [0.29, 0.717) is 25.5 Å². The zero-order valence-corrected chi connectivity index (χ0v) is 16.9. The average Bonchev–Trinajstić information content (AvgIpc) is 2.71. The maximum Gasteiger partial charge on any atom is 0.222 e. The monoisotopic (exact) mass is 374 g/mol. The molecule has 0 spiro atoms. The molecule has 0 N–H and O–H groups in total. The van der Waals surface area contributed by atoms with E-state index in [2.05, 4.69) is 23.6 Å². The van der Waals surface area contributed by atoms with Gasteiger partial charge in [0.25, 0.3) is 0 Å². The summed E-state index contributed by atoms with van der Waals surface area (Å²) in [5.41, 5.74) is 1.24. The molecule has 1 aromatic rings. The van der Waals surface area contributed by atoms with Gasteiger partial charge in [0.2, 0.25) is 5.91 Å². The van der Waals surface area contributed by atoms with Gasteiger partial charge in [0.1, 0.15) is 5.75 Å². The van der Waals surface area contributed by atoms with Gasteiger partial charge in [-0.3, -0.25) is 9.69 Å². The van der Waals surface area contributed by atoms with Gasteiger partial charge in [0.05, 0.1) is 13.7 Å². The van der Waals surface area contributed by atoms with Crippen molar-refractivity contribution in [1.29, 1.82) is 0 Å². The Kier molecular flexibility index (Phi) is 9.36. The van der Waals surface area contributed by atoms with Crippen LogP contribution in [-0.2, 0) is 16.1 Å². The van der Waals surface area contributed by atoms with Gasteiger partial charge in [-0.2, -0.15) is 0 Å². The van der Waals surface area contributed by atoms with E-state index in [1.165, 1.54) is 5.56 Å². The molecule has 0 atom stereocenters. The predicted molar refractivity (Wildman–Crippen MR) is 109 cm³/mol. The van der Waals surface area contributed by atoms with Crippen LogP contribution in [0.3, 0.4) is 0 Å². The van der Waals surface area contributed by atoms with E-state index >= 15 is 0 Å². The summed E-state index contributed by atoms with van der Waals surface area (Å²) in [5.74, 6) is 1.73. The van der Waals surface area contributed by atoms with Gasteiger partial charge in [-0.25, -0.2) is 0 Å². The molecule has 150 valence electrons. The van der Waals surface area contributed by atoms with Crippen molar-refractivity contribution in [3.05, 3.63) is 42.5 Å². The maximum atomic E-state index is 12.5. The van der Waals surface area contributed by atoms with E-state index in [1.54, 1.807) is 14.2 Å². The molecule has 1 heterocycles. The number of rotatable bonds is 11. The highest BCUT2D eigenvalue weighted by Gasteiger charge is 2.24. The van der Waals surface area contributed by atoms with Crippen LogP contribution in [0, 0.1) is 5.92 Å². The van der Waals surface area contributed by atoms with Crippen LogP contribution in [0.5, 0.6) is 5.75 Å². The summed E-state index contributed by atoms with van der Waals surface area (Å²) in [6.07, 6.45) is 5.32. The van der Waals surface area contributed by atoms with Crippen LogP contribution in [-0.4, -0.2) is 62.7 Å². The standard InChI is InChI=1S/C22H34N2O3/c1-4-5-10-22(25)24(15-16-26-2)17-19-11-13-23(14-12-19)18-20-8-6-7-9-21(20)27-3/h4,6-9,19H,1,5,10-18H2,2-3H3. The number of allylic oxidation sites excluding steroid dienone is 1. The minimum Gasteiger partial charge on any atom is -0.496 e. The fraction of sp³-hybridized carbons (Fsp3) is 0.591. The summed E-state index contributed by atoms with van der Waals surface area (Å²) < 4.78 is 10.7. The number of nitrogens with zero attached hydrogens (tertiary/aromatic N) is 2. The van der Waals surface area contributed by atoms with Crippen molar-refractivity contribution < 1.29 is 14.3 Å². The lowest BCUT2D eigenvalue weighted by molar-refractivity contribution is -0.132. The molecule has 1 aromatic carbocycles.